The van der Waals surface area contributed by atoms with Crippen LogP contribution in [0.3, 0.4) is 0 Å². The zero-order valence-corrected chi connectivity index (χ0v) is 14.3. The van der Waals surface area contributed by atoms with Gasteiger partial charge in [-0.1, -0.05) is 85.5 Å². The van der Waals surface area contributed by atoms with Gasteiger partial charge in [0.25, 0.3) is 0 Å². The Morgan fingerprint density at radius 1 is 0.692 bits per heavy atom. The topological polar surface area (TPSA) is 20.2 Å². The average Bonchev–Trinajstić information content (AvgIpc) is 3.15. The Morgan fingerprint density at radius 3 is 1.65 bits per heavy atom. The standard InChI is InChI=1S/C25H18O/c1-2-21-20(15-16-26)19-11-5-8-14-24(19)25(21)22-12-6-3-9-17(22)18-10-4-7-13-23(18)25/h2-16,26H,1H2/b16-15-. The van der Waals surface area contributed by atoms with Crippen molar-refractivity contribution in [2.45, 2.75) is 5.41 Å². The van der Waals surface area contributed by atoms with E-state index in [0.717, 1.165) is 23.0 Å². The summed E-state index contributed by atoms with van der Waals surface area (Å²) in [4.78, 5) is 0. The van der Waals surface area contributed by atoms with Crippen molar-refractivity contribution in [3.8, 4) is 11.1 Å². The molecule has 0 amide bonds. The highest BCUT2D eigenvalue weighted by Crippen LogP contribution is 2.61. The predicted molar refractivity (Wildman–Crippen MR) is 107 cm³/mol. The summed E-state index contributed by atoms with van der Waals surface area (Å²) in [7, 11) is 0. The van der Waals surface area contributed by atoms with Crippen LogP contribution < -0.4 is 0 Å². The van der Waals surface area contributed by atoms with Gasteiger partial charge in [0.15, 0.2) is 0 Å². The third-order valence-corrected chi connectivity index (χ3v) is 5.71. The number of benzene rings is 3. The first-order valence-electron chi connectivity index (χ1n) is 8.81. The minimum atomic E-state index is -0.375. The molecule has 5 rings (SSSR count). The van der Waals surface area contributed by atoms with Gasteiger partial charge in [0.1, 0.15) is 0 Å². The van der Waals surface area contributed by atoms with Crippen molar-refractivity contribution in [1.29, 1.82) is 0 Å². The molecule has 0 saturated carbocycles. The molecular formula is C25H18O. The second-order valence-corrected chi connectivity index (χ2v) is 6.73. The van der Waals surface area contributed by atoms with Crippen LogP contribution in [0.2, 0.25) is 0 Å². The zero-order chi connectivity index (χ0) is 17.7. The molecule has 0 radical (unpaired) electrons. The molecule has 26 heavy (non-hydrogen) atoms. The van der Waals surface area contributed by atoms with E-state index in [0.29, 0.717) is 0 Å². The number of aliphatic hydroxyl groups is 1. The van der Waals surface area contributed by atoms with Gasteiger partial charge in [-0.3, -0.25) is 0 Å². The van der Waals surface area contributed by atoms with Crippen molar-refractivity contribution in [1.82, 2.24) is 0 Å². The molecule has 3 aromatic carbocycles. The van der Waals surface area contributed by atoms with Crippen molar-refractivity contribution >= 4 is 5.57 Å². The molecule has 0 aliphatic heterocycles. The molecule has 1 heteroatoms. The van der Waals surface area contributed by atoms with Crippen molar-refractivity contribution < 1.29 is 5.11 Å². The highest BCUT2D eigenvalue weighted by molar-refractivity contribution is 5.97. The van der Waals surface area contributed by atoms with Crippen LogP contribution >= 0.6 is 0 Å². The molecule has 0 saturated heterocycles. The van der Waals surface area contributed by atoms with Gasteiger partial charge in [-0.2, -0.15) is 0 Å². The molecular weight excluding hydrogens is 316 g/mol. The highest BCUT2D eigenvalue weighted by Gasteiger charge is 2.51. The number of aliphatic hydroxyl groups excluding tert-OH is 1. The van der Waals surface area contributed by atoms with E-state index in [9.17, 15) is 5.11 Å². The maximum atomic E-state index is 9.54. The van der Waals surface area contributed by atoms with Crippen molar-refractivity contribution in [3.05, 3.63) is 126 Å². The smallest absolute Gasteiger partial charge is 0.0797 e. The molecule has 124 valence electrons. The fourth-order valence-electron chi connectivity index (χ4n) is 4.87. The maximum absolute atomic E-state index is 9.54. The van der Waals surface area contributed by atoms with Crippen LogP contribution in [0.5, 0.6) is 0 Å². The lowest BCUT2D eigenvalue weighted by Gasteiger charge is -2.31. The van der Waals surface area contributed by atoms with Crippen molar-refractivity contribution in [2.24, 2.45) is 0 Å². The molecule has 1 spiro atoms. The first kappa shape index (κ1) is 15.0. The summed E-state index contributed by atoms with van der Waals surface area (Å²) in [6, 6.07) is 25.7. The molecule has 2 aliphatic rings. The largest absolute Gasteiger partial charge is 0.516 e. The summed E-state index contributed by atoms with van der Waals surface area (Å²) in [6.45, 7) is 4.15. The van der Waals surface area contributed by atoms with Crippen LogP contribution in [0.15, 0.2) is 103 Å². The number of rotatable bonds is 2. The summed E-state index contributed by atoms with van der Waals surface area (Å²) >= 11 is 0. The Hall–Kier alpha value is -3.32. The average molecular weight is 334 g/mol. The lowest BCUT2D eigenvalue weighted by molar-refractivity contribution is 0.474. The van der Waals surface area contributed by atoms with E-state index in [1.165, 1.54) is 27.8 Å². The van der Waals surface area contributed by atoms with Crippen LogP contribution in [0.4, 0.5) is 0 Å². The molecule has 0 bridgehead atoms. The van der Waals surface area contributed by atoms with Crippen LogP contribution in [-0.2, 0) is 5.41 Å². The van der Waals surface area contributed by atoms with Crippen LogP contribution in [-0.4, -0.2) is 5.11 Å². The third kappa shape index (κ3) is 1.60. The number of hydrogen-bond acceptors (Lipinski definition) is 1. The van der Waals surface area contributed by atoms with E-state index in [1.54, 1.807) is 6.08 Å². The van der Waals surface area contributed by atoms with Crippen LogP contribution in [0, 0.1) is 0 Å². The molecule has 1 N–H and O–H groups in total. The molecule has 1 nitrogen and oxygen atoms in total. The molecule has 0 atom stereocenters. The summed E-state index contributed by atoms with van der Waals surface area (Å²) in [5.74, 6) is 0. The van der Waals surface area contributed by atoms with Gasteiger partial charge >= 0.3 is 0 Å². The SMILES string of the molecule is C=CC1=C(/C=C\O)c2ccccc2C12c1ccccc1-c1ccccc12. The van der Waals surface area contributed by atoms with E-state index < -0.39 is 0 Å². The van der Waals surface area contributed by atoms with Crippen molar-refractivity contribution in [2.75, 3.05) is 0 Å². The first-order valence-corrected chi connectivity index (χ1v) is 8.81. The van der Waals surface area contributed by atoms with Gasteiger partial charge < -0.3 is 5.11 Å². The van der Waals surface area contributed by atoms with Crippen LogP contribution in [0.25, 0.3) is 16.7 Å². The van der Waals surface area contributed by atoms with Gasteiger partial charge in [0.2, 0.25) is 0 Å². The summed E-state index contributed by atoms with van der Waals surface area (Å²) in [5.41, 5.74) is 9.29. The quantitative estimate of drug-likeness (QED) is 0.568. The van der Waals surface area contributed by atoms with E-state index in [-0.39, 0.29) is 5.41 Å². The monoisotopic (exact) mass is 334 g/mol. The van der Waals surface area contributed by atoms with Gasteiger partial charge in [0, 0.05) is 0 Å². The Labute approximate surface area is 153 Å². The number of fused-ring (bicyclic) bond motifs is 7. The molecule has 0 fully saturated rings. The molecule has 0 heterocycles. The molecule has 3 aromatic rings. The summed E-state index contributed by atoms with van der Waals surface area (Å²) in [6.07, 6.45) is 4.86. The Kier molecular flexibility index (Phi) is 3.07. The fourth-order valence-corrected chi connectivity index (χ4v) is 4.87. The Morgan fingerprint density at radius 2 is 1.15 bits per heavy atom. The Bertz CT molecular complexity index is 1070. The second kappa shape index (κ2) is 5.34. The fraction of sp³-hybridized carbons (Fsp3) is 0.0400. The van der Waals surface area contributed by atoms with E-state index in [2.05, 4.69) is 79.4 Å². The summed E-state index contributed by atoms with van der Waals surface area (Å²) in [5, 5.41) is 9.54. The maximum Gasteiger partial charge on any atom is 0.0797 e. The number of allylic oxidation sites excluding steroid dienone is 4. The second-order valence-electron chi connectivity index (χ2n) is 6.73. The molecule has 2 aliphatic carbocycles. The molecule has 0 aromatic heterocycles. The third-order valence-electron chi connectivity index (χ3n) is 5.71. The van der Waals surface area contributed by atoms with Gasteiger partial charge in [-0.15, -0.1) is 0 Å². The van der Waals surface area contributed by atoms with Gasteiger partial charge in [-0.25, -0.2) is 0 Å². The predicted octanol–water partition coefficient (Wildman–Crippen LogP) is 6.03. The minimum absolute atomic E-state index is 0.375. The normalized spacial score (nSPS) is 16.0. The van der Waals surface area contributed by atoms with E-state index in [4.69, 9.17) is 0 Å². The Balaban J connectivity index is 2.02. The first-order chi connectivity index (χ1) is 12.8. The van der Waals surface area contributed by atoms with Gasteiger partial charge in [-0.05, 0) is 50.6 Å². The summed E-state index contributed by atoms with van der Waals surface area (Å²) < 4.78 is 0. The van der Waals surface area contributed by atoms with Crippen molar-refractivity contribution in [3.63, 3.8) is 0 Å². The highest BCUT2D eigenvalue weighted by atomic mass is 16.2. The zero-order valence-electron chi connectivity index (χ0n) is 14.3. The van der Waals surface area contributed by atoms with E-state index >= 15 is 0 Å². The lowest BCUT2D eigenvalue weighted by Crippen LogP contribution is -2.26. The number of hydrogen-bond donors (Lipinski definition) is 1. The van der Waals surface area contributed by atoms with Gasteiger partial charge in [0.05, 0.1) is 11.7 Å². The minimum Gasteiger partial charge on any atom is -0.516 e. The van der Waals surface area contributed by atoms with E-state index in [1.807, 2.05) is 6.08 Å². The van der Waals surface area contributed by atoms with Crippen LogP contribution in [0.1, 0.15) is 22.3 Å². The molecule has 0 unspecified atom stereocenters. The lowest BCUT2D eigenvalue weighted by atomic mass is 9.69.